The predicted octanol–water partition coefficient (Wildman–Crippen LogP) is 3.97. The van der Waals surface area contributed by atoms with Crippen LogP contribution in [0.1, 0.15) is 36.4 Å². The number of amides is 1. The van der Waals surface area contributed by atoms with Crippen LogP contribution in [-0.4, -0.2) is 42.4 Å². The van der Waals surface area contributed by atoms with E-state index < -0.39 is 0 Å². The van der Waals surface area contributed by atoms with Gasteiger partial charge in [0, 0.05) is 26.1 Å². The van der Waals surface area contributed by atoms with E-state index in [1.54, 1.807) is 24.3 Å². The summed E-state index contributed by atoms with van der Waals surface area (Å²) >= 11 is 0. The van der Waals surface area contributed by atoms with Crippen LogP contribution in [0.4, 0.5) is 8.78 Å². The molecule has 1 heterocycles. The number of benzene rings is 2. The van der Waals surface area contributed by atoms with Gasteiger partial charge in [0.15, 0.2) is 0 Å². The van der Waals surface area contributed by atoms with E-state index in [-0.39, 0.29) is 29.5 Å². The molecule has 1 aliphatic rings. The first kappa shape index (κ1) is 18.5. The lowest BCUT2D eigenvalue weighted by Crippen LogP contribution is -2.49. The van der Waals surface area contributed by atoms with E-state index in [4.69, 9.17) is 0 Å². The highest BCUT2D eigenvalue weighted by Gasteiger charge is 2.29. The van der Waals surface area contributed by atoms with Gasteiger partial charge in [0.25, 0.3) is 0 Å². The summed E-state index contributed by atoms with van der Waals surface area (Å²) in [6, 6.07) is 12.9. The third kappa shape index (κ3) is 4.28. The third-order valence-electron chi connectivity index (χ3n) is 5.18. The number of likely N-dealkylation sites (N-methyl/N-ethyl adjacent to an activating group) is 1. The molecule has 2 aromatic rings. The second kappa shape index (κ2) is 7.96. The van der Waals surface area contributed by atoms with Crippen molar-refractivity contribution in [3.8, 4) is 0 Å². The van der Waals surface area contributed by atoms with Crippen LogP contribution in [0.2, 0.25) is 0 Å². The van der Waals surface area contributed by atoms with Crippen molar-refractivity contribution in [2.24, 2.45) is 0 Å². The Bertz CT molecular complexity index is 746. The summed E-state index contributed by atoms with van der Waals surface area (Å²) in [6.07, 6.45) is 0.394. The summed E-state index contributed by atoms with van der Waals surface area (Å²) in [4.78, 5) is 16.8. The molecule has 3 nitrogen and oxygen atoms in total. The van der Waals surface area contributed by atoms with E-state index in [0.717, 1.165) is 17.7 Å². The first-order chi connectivity index (χ1) is 12.4. The zero-order valence-electron chi connectivity index (χ0n) is 15.2. The Balaban J connectivity index is 1.65. The molecule has 26 heavy (non-hydrogen) atoms. The highest BCUT2D eigenvalue weighted by atomic mass is 19.1. The van der Waals surface area contributed by atoms with Gasteiger partial charge in [-0.25, -0.2) is 8.78 Å². The largest absolute Gasteiger partial charge is 0.339 e. The van der Waals surface area contributed by atoms with Gasteiger partial charge >= 0.3 is 0 Å². The number of carbonyl (C=O) groups is 1. The number of hydrogen-bond donors (Lipinski definition) is 0. The Hall–Kier alpha value is -2.27. The van der Waals surface area contributed by atoms with E-state index >= 15 is 0 Å². The van der Waals surface area contributed by atoms with E-state index in [1.807, 2.05) is 18.9 Å². The van der Waals surface area contributed by atoms with Crippen LogP contribution in [0.25, 0.3) is 0 Å². The molecule has 3 rings (SSSR count). The summed E-state index contributed by atoms with van der Waals surface area (Å²) in [5.74, 6) is -0.393. The topological polar surface area (TPSA) is 23.6 Å². The van der Waals surface area contributed by atoms with Crippen molar-refractivity contribution in [2.45, 2.75) is 25.3 Å². The fraction of sp³-hybridized carbons (Fsp3) is 0.381. The summed E-state index contributed by atoms with van der Waals surface area (Å²) in [7, 11) is 2.02. The van der Waals surface area contributed by atoms with Crippen molar-refractivity contribution in [1.82, 2.24) is 9.80 Å². The molecule has 0 saturated carbocycles. The van der Waals surface area contributed by atoms with Crippen molar-refractivity contribution in [3.05, 3.63) is 71.3 Å². The van der Waals surface area contributed by atoms with Gasteiger partial charge < -0.3 is 4.90 Å². The fourth-order valence-corrected chi connectivity index (χ4v) is 3.45. The molecule has 0 spiro atoms. The van der Waals surface area contributed by atoms with Crippen LogP contribution in [0.5, 0.6) is 0 Å². The lowest BCUT2D eigenvalue weighted by atomic mass is 9.96. The summed E-state index contributed by atoms with van der Waals surface area (Å²) in [5.41, 5.74) is 1.97. The van der Waals surface area contributed by atoms with Crippen LogP contribution in [0.3, 0.4) is 0 Å². The normalized spacial score (nSPS) is 19.4. The van der Waals surface area contributed by atoms with E-state index in [1.165, 1.54) is 24.3 Å². The average molecular weight is 358 g/mol. The van der Waals surface area contributed by atoms with Gasteiger partial charge in [-0.05, 0) is 48.4 Å². The van der Waals surface area contributed by atoms with Crippen LogP contribution in [0, 0.1) is 11.6 Å². The Morgan fingerprint density at radius 2 is 1.62 bits per heavy atom. The molecule has 138 valence electrons. The van der Waals surface area contributed by atoms with Crippen molar-refractivity contribution < 1.29 is 13.6 Å². The lowest BCUT2D eigenvalue weighted by molar-refractivity contribution is -0.134. The number of nitrogens with zero attached hydrogens (tertiary/aromatic N) is 2. The Morgan fingerprint density at radius 3 is 2.23 bits per heavy atom. The molecule has 2 aromatic carbocycles. The van der Waals surface area contributed by atoms with Gasteiger partial charge in [-0.3, -0.25) is 9.69 Å². The van der Waals surface area contributed by atoms with Crippen LogP contribution in [-0.2, 0) is 4.79 Å². The van der Waals surface area contributed by atoms with Gasteiger partial charge in [0.1, 0.15) is 11.6 Å². The maximum Gasteiger partial charge on any atom is 0.223 e. The standard InChI is InChI=1S/C21H24F2N2O/c1-15(16-3-7-18(22)8-4-16)13-21(26)25-12-11-24(2)20(14-25)17-5-9-19(23)10-6-17/h3-10,15,20H,11-14H2,1-2H3. The Morgan fingerprint density at radius 1 is 1.04 bits per heavy atom. The minimum atomic E-state index is -0.270. The van der Waals surface area contributed by atoms with Crippen molar-refractivity contribution in [3.63, 3.8) is 0 Å². The lowest BCUT2D eigenvalue weighted by Gasteiger charge is -2.40. The molecular formula is C21H24F2N2O. The van der Waals surface area contributed by atoms with E-state index in [0.29, 0.717) is 19.5 Å². The number of rotatable bonds is 4. The van der Waals surface area contributed by atoms with Gasteiger partial charge in [-0.15, -0.1) is 0 Å². The minimum Gasteiger partial charge on any atom is -0.339 e. The van der Waals surface area contributed by atoms with Gasteiger partial charge in [0.2, 0.25) is 5.91 Å². The zero-order valence-corrected chi connectivity index (χ0v) is 15.2. The van der Waals surface area contributed by atoms with Crippen LogP contribution >= 0.6 is 0 Å². The molecule has 1 aliphatic heterocycles. The monoisotopic (exact) mass is 358 g/mol. The second-order valence-electron chi connectivity index (χ2n) is 7.04. The number of piperazine rings is 1. The van der Waals surface area contributed by atoms with Crippen LogP contribution < -0.4 is 0 Å². The summed E-state index contributed by atoms with van der Waals surface area (Å²) in [5, 5.41) is 0. The van der Waals surface area contributed by atoms with Gasteiger partial charge in [-0.2, -0.15) is 0 Å². The number of carbonyl (C=O) groups excluding carboxylic acids is 1. The van der Waals surface area contributed by atoms with Gasteiger partial charge in [0.05, 0.1) is 6.04 Å². The first-order valence-electron chi connectivity index (χ1n) is 8.93. The quantitative estimate of drug-likeness (QED) is 0.826. The number of hydrogen-bond acceptors (Lipinski definition) is 2. The molecule has 0 bridgehead atoms. The second-order valence-corrected chi connectivity index (χ2v) is 7.04. The maximum absolute atomic E-state index is 13.2. The molecular weight excluding hydrogens is 334 g/mol. The minimum absolute atomic E-state index is 0.0343. The van der Waals surface area contributed by atoms with Gasteiger partial charge in [-0.1, -0.05) is 31.2 Å². The van der Waals surface area contributed by atoms with E-state index in [2.05, 4.69) is 4.90 Å². The Labute approximate surface area is 153 Å². The zero-order chi connectivity index (χ0) is 18.7. The highest BCUT2D eigenvalue weighted by Crippen LogP contribution is 2.26. The van der Waals surface area contributed by atoms with Crippen molar-refractivity contribution in [1.29, 1.82) is 0 Å². The molecule has 1 fully saturated rings. The average Bonchev–Trinajstić information content (AvgIpc) is 2.63. The Kier molecular flexibility index (Phi) is 5.67. The molecule has 1 amide bonds. The summed E-state index contributed by atoms with van der Waals surface area (Å²) < 4.78 is 26.2. The summed E-state index contributed by atoms with van der Waals surface area (Å²) in [6.45, 7) is 4.04. The molecule has 0 radical (unpaired) electrons. The molecule has 0 aliphatic carbocycles. The molecule has 1 saturated heterocycles. The maximum atomic E-state index is 13.2. The van der Waals surface area contributed by atoms with E-state index in [9.17, 15) is 13.6 Å². The third-order valence-corrected chi connectivity index (χ3v) is 5.18. The van der Waals surface area contributed by atoms with Crippen LogP contribution in [0.15, 0.2) is 48.5 Å². The molecule has 5 heteroatoms. The SMILES string of the molecule is CC(CC(=O)N1CCN(C)C(c2ccc(F)cc2)C1)c1ccc(F)cc1. The predicted molar refractivity (Wildman–Crippen MR) is 97.8 cm³/mol. The molecule has 0 N–H and O–H groups in total. The first-order valence-corrected chi connectivity index (χ1v) is 8.93. The molecule has 2 atom stereocenters. The highest BCUT2D eigenvalue weighted by molar-refractivity contribution is 5.77. The molecule has 0 aromatic heterocycles. The molecule has 2 unspecified atom stereocenters. The van der Waals surface area contributed by atoms with Crippen molar-refractivity contribution in [2.75, 3.05) is 26.7 Å². The number of halogens is 2. The fourth-order valence-electron chi connectivity index (χ4n) is 3.45. The smallest absolute Gasteiger partial charge is 0.223 e. The van der Waals surface area contributed by atoms with Crippen molar-refractivity contribution >= 4 is 5.91 Å².